The van der Waals surface area contributed by atoms with E-state index in [0.717, 1.165) is 38.9 Å². The second-order valence-electron chi connectivity index (χ2n) is 9.98. The van der Waals surface area contributed by atoms with Crippen LogP contribution in [0, 0.1) is 20.8 Å². The van der Waals surface area contributed by atoms with Gasteiger partial charge in [0.25, 0.3) is 15.9 Å². The average Bonchev–Trinajstić information content (AvgIpc) is 3.34. The molecule has 1 N–H and O–H groups in total. The van der Waals surface area contributed by atoms with Crippen molar-refractivity contribution in [2.75, 3.05) is 37.0 Å². The standard InChI is InChI=1S/C28H33N3O5S2/c1-17-18(2)28(37-19(17)3)38(34,35)31-15-6-5-11-24(31)26(32)29-22-12-13-23-25-20(22)9-7-10-21(25)27(33)30(23)14-8-16-36-4/h7,9-10,12-13,24H,5-6,8,11,14-16H2,1-4H3,(H,29,32). The number of sulfonamides is 1. The highest BCUT2D eigenvalue weighted by atomic mass is 32.2. The van der Waals surface area contributed by atoms with E-state index in [1.165, 1.54) is 15.6 Å². The van der Waals surface area contributed by atoms with Gasteiger partial charge >= 0.3 is 0 Å². The van der Waals surface area contributed by atoms with Crippen LogP contribution >= 0.6 is 11.3 Å². The maximum Gasteiger partial charge on any atom is 0.258 e. The lowest BCUT2D eigenvalue weighted by Gasteiger charge is -2.33. The first-order valence-electron chi connectivity index (χ1n) is 12.9. The summed E-state index contributed by atoms with van der Waals surface area (Å²) < 4.78 is 34.3. The van der Waals surface area contributed by atoms with Crippen molar-refractivity contribution >= 4 is 55.3 Å². The Kier molecular flexibility index (Phi) is 7.34. The molecule has 202 valence electrons. The van der Waals surface area contributed by atoms with Crippen LogP contribution < -0.4 is 10.2 Å². The number of hydrogen-bond acceptors (Lipinski definition) is 6. The maximum absolute atomic E-state index is 13.7. The third kappa shape index (κ3) is 4.43. The molecule has 2 aromatic carbocycles. The summed E-state index contributed by atoms with van der Waals surface area (Å²) in [5.74, 6) is -0.412. The fraction of sp³-hybridized carbons (Fsp3) is 0.429. The van der Waals surface area contributed by atoms with Crippen LogP contribution in [0.15, 0.2) is 34.5 Å². The molecule has 10 heteroatoms. The number of hydrogen-bond donors (Lipinski definition) is 1. The summed E-state index contributed by atoms with van der Waals surface area (Å²) in [7, 11) is -2.19. The molecule has 0 aliphatic carbocycles. The van der Waals surface area contributed by atoms with Gasteiger partial charge in [0.15, 0.2) is 0 Å². The highest BCUT2D eigenvalue weighted by Gasteiger charge is 2.40. The first-order chi connectivity index (χ1) is 18.2. The van der Waals surface area contributed by atoms with Crippen LogP contribution in [-0.2, 0) is 19.6 Å². The van der Waals surface area contributed by atoms with Gasteiger partial charge in [0.05, 0.1) is 5.69 Å². The molecule has 1 atom stereocenters. The molecule has 2 aliphatic rings. The Morgan fingerprint density at radius 1 is 1.13 bits per heavy atom. The molecule has 5 rings (SSSR count). The van der Waals surface area contributed by atoms with Crippen molar-refractivity contribution in [1.29, 1.82) is 0 Å². The minimum absolute atomic E-state index is 0.0633. The van der Waals surface area contributed by atoms with Gasteiger partial charge in [-0.1, -0.05) is 18.6 Å². The second-order valence-corrected chi connectivity index (χ2v) is 13.3. The van der Waals surface area contributed by atoms with Gasteiger partial charge in [-0.3, -0.25) is 9.59 Å². The topological polar surface area (TPSA) is 96.0 Å². The Labute approximate surface area is 227 Å². The average molecular weight is 556 g/mol. The van der Waals surface area contributed by atoms with Crippen molar-refractivity contribution < 1.29 is 22.7 Å². The van der Waals surface area contributed by atoms with Gasteiger partial charge in [-0.25, -0.2) is 8.42 Å². The Hall–Kier alpha value is -2.79. The van der Waals surface area contributed by atoms with E-state index in [0.29, 0.717) is 54.4 Å². The molecular weight excluding hydrogens is 522 g/mol. The molecule has 2 amide bonds. The van der Waals surface area contributed by atoms with Crippen molar-refractivity contribution in [3.05, 3.63) is 51.9 Å². The van der Waals surface area contributed by atoms with E-state index in [1.54, 1.807) is 24.1 Å². The van der Waals surface area contributed by atoms with E-state index < -0.39 is 16.1 Å². The number of carbonyl (C=O) groups is 2. The van der Waals surface area contributed by atoms with Gasteiger partial charge < -0.3 is 15.0 Å². The van der Waals surface area contributed by atoms with E-state index in [1.807, 2.05) is 39.0 Å². The second kappa shape index (κ2) is 10.4. The Morgan fingerprint density at radius 2 is 1.92 bits per heavy atom. The largest absolute Gasteiger partial charge is 0.385 e. The zero-order valence-electron chi connectivity index (χ0n) is 22.2. The lowest BCUT2D eigenvalue weighted by atomic mass is 10.0. The maximum atomic E-state index is 13.7. The third-order valence-corrected chi connectivity index (χ3v) is 11.5. The van der Waals surface area contributed by atoms with Crippen molar-refractivity contribution in [2.45, 2.75) is 56.7 Å². The summed E-state index contributed by atoms with van der Waals surface area (Å²) in [6.07, 6.45) is 2.67. The number of nitrogens with one attached hydrogen (secondary N) is 1. The number of piperidine rings is 1. The number of aryl methyl sites for hydroxylation is 1. The number of methoxy groups -OCH3 is 1. The molecule has 0 radical (unpaired) electrons. The molecule has 1 fully saturated rings. The van der Waals surface area contributed by atoms with Gasteiger partial charge in [-0.15, -0.1) is 11.3 Å². The van der Waals surface area contributed by atoms with Crippen molar-refractivity contribution in [1.82, 2.24) is 4.31 Å². The summed E-state index contributed by atoms with van der Waals surface area (Å²) >= 11 is 1.27. The zero-order valence-corrected chi connectivity index (χ0v) is 23.8. The number of carbonyl (C=O) groups excluding carboxylic acids is 2. The summed E-state index contributed by atoms with van der Waals surface area (Å²) in [5.41, 5.74) is 3.72. The fourth-order valence-corrected chi connectivity index (χ4v) is 9.11. The van der Waals surface area contributed by atoms with Crippen LogP contribution in [-0.4, -0.2) is 57.4 Å². The Morgan fingerprint density at radius 3 is 2.63 bits per heavy atom. The number of benzene rings is 2. The van der Waals surface area contributed by atoms with Crippen LogP contribution in [0.3, 0.4) is 0 Å². The predicted octanol–water partition coefficient (Wildman–Crippen LogP) is 5.01. The van der Waals surface area contributed by atoms with E-state index in [2.05, 4.69) is 5.32 Å². The number of nitrogens with zero attached hydrogens (tertiary/aromatic N) is 2. The van der Waals surface area contributed by atoms with Crippen LogP contribution in [0.2, 0.25) is 0 Å². The van der Waals surface area contributed by atoms with Gasteiger partial charge in [0, 0.05) is 53.7 Å². The predicted molar refractivity (Wildman–Crippen MR) is 151 cm³/mol. The summed E-state index contributed by atoms with van der Waals surface area (Å²) in [6.45, 7) is 7.09. The van der Waals surface area contributed by atoms with E-state index >= 15 is 0 Å². The molecule has 1 unspecified atom stereocenters. The van der Waals surface area contributed by atoms with Crippen LogP contribution in [0.5, 0.6) is 0 Å². The molecular formula is C28H33N3O5S2. The molecule has 3 aromatic rings. The molecule has 0 spiro atoms. The first-order valence-corrected chi connectivity index (χ1v) is 15.2. The number of amides is 2. The van der Waals surface area contributed by atoms with Crippen LogP contribution in [0.25, 0.3) is 10.8 Å². The van der Waals surface area contributed by atoms with Gasteiger partial charge in [0.1, 0.15) is 10.3 Å². The van der Waals surface area contributed by atoms with E-state index in [4.69, 9.17) is 4.74 Å². The van der Waals surface area contributed by atoms with Gasteiger partial charge in [-0.2, -0.15) is 4.31 Å². The fourth-order valence-electron chi connectivity index (χ4n) is 5.48. The molecule has 0 saturated carbocycles. The third-order valence-electron chi connectivity index (χ3n) is 7.71. The van der Waals surface area contributed by atoms with Gasteiger partial charge in [0.2, 0.25) is 5.91 Å². The molecule has 0 bridgehead atoms. The molecule has 3 heterocycles. The number of ether oxygens (including phenoxy) is 1. The van der Waals surface area contributed by atoms with E-state index in [9.17, 15) is 18.0 Å². The number of anilines is 2. The minimum atomic E-state index is -3.82. The van der Waals surface area contributed by atoms with Gasteiger partial charge in [-0.05, 0) is 69.4 Å². The lowest BCUT2D eigenvalue weighted by molar-refractivity contribution is -0.120. The van der Waals surface area contributed by atoms with Crippen molar-refractivity contribution in [2.24, 2.45) is 0 Å². The highest BCUT2D eigenvalue weighted by Crippen LogP contribution is 2.41. The van der Waals surface area contributed by atoms with Crippen LogP contribution in [0.4, 0.5) is 11.4 Å². The lowest BCUT2D eigenvalue weighted by Crippen LogP contribution is -2.49. The minimum Gasteiger partial charge on any atom is -0.385 e. The SMILES string of the molecule is COCCCN1C(=O)c2cccc3c(NC(=O)C4CCCCN4S(=O)(=O)c4sc(C)c(C)c4C)ccc1c23. The smallest absolute Gasteiger partial charge is 0.258 e. The normalized spacial score (nSPS) is 17.9. The summed E-state index contributed by atoms with van der Waals surface area (Å²) in [6, 6.07) is 8.37. The summed E-state index contributed by atoms with van der Waals surface area (Å²) in [5, 5.41) is 4.58. The molecule has 8 nitrogen and oxygen atoms in total. The molecule has 2 aliphatic heterocycles. The highest BCUT2D eigenvalue weighted by molar-refractivity contribution is 7.91. The summed E-state index contributed by atoms with van der Waals surface area (Å²) in [4.78, 5) is 29.5. The zero-order chi connectivity index (χ0) is 27.2. The molecule has 38 heavy (non-hydrogen) atoms. The Bertz CT molecular complexity index is 1530. The molecule has 1 saturated heterocycles. The van der Waals surface area contributed by atoms with E-state index in [-0.39, 0.29) is 11.8 Å². The van der Waals surface area contributed by atoms with Crippen molar-refractivity contribution in [3.8, 4) is 0 Å². The molecule has 1 aromatic heterocycles. The quantitative estimate of drug-likeness (QED) is 0.395. The van der Waals surface area contributed by atoms with Crippen LogP contribution in [0.1, 0.15) is 52.0 Å². The number of rotatable bonds is 8. The monoisotopic (exact) mass is 555 g/mol. The first kappa shape index (κ1) is 26.8. The number of thiophene rings is 1. The Balaban J connectivity index is 1.45. The van der Waals surface area contributed by atoms with Crippen molar-refractivity contribution in [3.63, 3.8) is 0 Å².